The number of sulfonamides is 1. The van der Waals surface area contributed by atoms with E-state index in [0.717, 1.165) is 91.7 Å². The highest BCUT2D eigenvalue weighted by Crippen LogP contribution is 2.58. The highest BCUT2D eigenvalue weighted by molar-refractivity contribution is 7.92. The summed E-state index contributed by atoms with van der Waals surface area (Å²) in [7, 11) is -3.44. The Labute approximate surface area is 262 Å². The van der Waals surface area contributed by atoms with Gasteiger partial charge in [0, 0.05) is 47.3 Å². The van der Waals surface area contributed by atoms with Gasteiger partial charge in [0.1, 0.15) is 12.0 Å². The number of fused-ring (bicyclic) bond motifs is 5. The van der Waals surface area contributed by atoms with Gasteiger partial charge in [-0.2, -0.15) is 4.98 Å². The van der Waals surface area contributed by atoms with Crippen LogP contribution in [0, 0.1) is 11.3 Å². The molecule has 1 aromatic carbocycles. The first kappa shape index (κ1) is 28.8. The van der Waals surface area contributed by atoms with Crippen molar-refractivity contribution < 1.29 is 22.1 Å². The SMILES string of the molecule is CS(=O)(=O)Nc1ccc(-c2cccc(N(CC34CCC(c5nc(C6CC6)no5)(CC3)CC4)C(=O)C3=C4CC(C4)C(F)C3)c2)cn1. The standard InChI is InChI=1S/C34H38FN5O4S/c1-45(42,43)39-29-8-7-23(19-36-29)22-3-2-4-26(17-22)40(31(41)27-18-28(35)25-15-24(27)16-25)20-33-9-12-34(13-10-33,14-11-33)32-37-30(38-44-32)21-5-6-21/h2-4,7-8,17,19,21,25,28H,5-6,9-16,18,20H2,1H3,(H,36,39). The van der Waals surface area contributed by atoms with Crippen molar-refractivity contribution in [1.82, 2.24) is 15.1 Å². The second kappa shape index (κ2) is 10.5. The van der Waals surface area contributed by atoms with Crippen LogP contribution >= 0.6 is 0 Å². The molecule has 236 valence electrons. The number of anilines is 2. The minimum atomic E-state index is -3.44. The van der Waals surface area contributed by atoms with Crippen LogP contribution in [-0.4, -0.2) is 48.4 Å². The van der Waals surface area contributed by atoms with E-state index in [2.05, 4.69) is 14.9 Å². The van der Waals surface area contributed by atoms with Crippen LogP contribution in [0.15, 0.2) is 58.3 Å². The maximum Gasteiger partial charge on any atom is 0.254 e. The van der Waals surface area contributed by atoms with E-state index >= 15 is 0 Å². The Kier molecular flexibility index (Phi) is 6.71. The Hall–Kier alpha value is -3.60. The molecule has 10 rings (SSSR count). The zero-order chi connectivity index (χ0) is 31.0. The molecule has 4 bridgehead atoms. The fraction of sp³-hybridized carbons (Fsp3) is 0.529. The molecule has 0 saturated heterocycles. The van der Waals surface area contributed by atoms with E-state index in [1.165, 1.54) is 0 Å². The Morgan fingerprint density at radius 3 is 2.44 bits per heavy atom. The number of hydrogen-bond acceptors (Lipinski definition) is 7. The molecule has 45 heavy (non-hydrogen) atoms. The summed E-state index contributed by atoms with van der Waals surface area (Å²) >= 11 is 0. The highest BCUT2D eigenvalue weighted by atomic mass is 32.2. The number of allylic oxidation sites excluding steroid dienone is 1. The molecule has 0 spiro atoms. The van der Waals surface area contributed by atoms with E-state index < -0.39 is 16.2 Å². The number of nitrogens with zero attached hydrogens (tertiary/aromatic N) is 4. The quantitative estimate of drug-likeness (QED) is 0.288. The molecule has 1 unspecified atom stereocenters. The Morgan fingerprint density at radius 1 is 1.04 bits per heavy atom. The summed E-state index contributed by atoms with van der Waals surface area (Å²) < 4.78 is 46.4. The Balaban J connectivity index is 1.08. The van der Waals surface area contributed by atoms with Crippen molar-refractivity contribution >= 4 is 27.4 Å². The minimum absolute atomic E-state index is 0.0373. The van der Waals surface area contributed by atoms with E-state index in [1.807, 2.05) is 35.2 Å². The van der Waals surface area contributed by atoms with E-state index in [-0.39, 0.29) is 34.9 Å². The lowest BCUT2D eigenvalue weighted by atomic mass is 9.53. The lowest BCUT2D eigenvalue weighted by Crippen LogP contribution is -2.51. The van der Waals surface area contributed by atoms with Gasteiger partial charge in [-0.15, -0.1) is 0 Å². The van der Waals surface area contributed by atoms with E-state index in [4.69, 9.17) is 9.51 Å². The van der Waals surface area contributed by atoms with Crippen molar-refractivity contribution in [2.24, 2.45) is 11.3 Å². The van der Waals surface area contributed by atoms with E-state index in [1.54, 1.807) is 12.3 Å². The largest absolute Gasteiger partial charge is 0.339 e. The molecular formula is C34H38FN5O4S. The first-order chi connectivity index (χ1) is 21.6. The van der Waals surface area contributed by atoms with Gasteiger partial charge in [-0.1, -0.05) is 22.9 Å². The number of carbonyl (C=O) groups is 1. The van der Waals surface area contributed by atoms with Crippen LogP contribution in [0.1, 0.15) is 88.3 Å². The fourth-order valence-corrected chi connectivity index (χ4v) is 8.55. The first-order valence-electron chi connectivity index (χ1n) is 16.1. The molecule has 2 aromatic heterocycles. The predicted octanol–water partition coefficient (Wildman–Crippen LogP) is 6.45. The van der Waals surface area contributed by atoms with Crippen LogP contribution in [0.3, 0.4) is 0 Å². The molecule has 0 aliphatic heterocycles. The van der Waals surface area contributed by atoms with Gasteiger partial charge in [0.2, 0.25) is 15.9 Å². The molecule has 1 amide bonds. The van der Waals surface area contributed by atoms with Crippen molar-refractivity contribution in [3.63, 3.8) is 0 Å². The molecule has 1 N–H and O–H groups in total. The number of halogens is 1. The molecule has 5 fully saturated rings. The van der Waals surface area contributed by atoms with Gasteiger partial charge < -0.3 is 9.42 Å². The van der Waals surface area contributed by atoms with Crippen LogP contribution in [-0.2, 0) is 20.2 Å². The summed E-state index contributed by atoms with van der Waals surface area (Å²) in [5, 5.41) is 4.31. The van der Waals surface area contributed by atoms with Crippen molar-refractivity contribution in [3.8, 4) is 11.1 Å². The van der Waals surface area contributed by atoms with Gasteiger partial charge in [0.05, 0.1) is 6.26 Å². The number of carbonyl (C=O) groups excluding carboxylic acids is 1. The normalized spacial score (nSPS) is 28.9. The molecule has 3 aromatic rings. The third kappa shape index (κ3) is 5.36. The van der Waals surface area contributed by atoms with Crippen molar-refractivity contribution in [3.05, 3.63) is 65.5 Å². The highest BCUT2D eigenvalue weighted by Gasteiger charge is 2.53. The fourth-order valence-electron chi connectivity index (χ4n) is 8.05. The smallest absolute Gasteiger partial charge is 0.254 e. The number of pyridine rings is 1. The summed E-state index contributed by atoms with van der Waals surface area (Å²) in [5.41, 5.74) is 4.11. The number of amides is 1. The van der Waals surface area contributed by atoms with Crippen LogP contribution in [0.25, 0.3) is 11.1 Å². The second-order valence-corrected chi connectivity index (χ2v) is 16.0. The summed E-state index contributed by atoms with van der Waals surface area (Å²) in [5.74, 6) is 2.36. The monoisotopic (exact) mass is 631 g/mol. The molecule has 2 heterocycles. The average Bonchev–Trinajstić information content (AvgIpc) is 3.74. The van der Waals surface area contributed by atoms with Gasteiger partial charge in [-0.05, 0) is 105 Å². The number of nitrogens with one attached hydrogen (secondary N) is 1. The third-order valence-electron chi connectivity index (χ3n) is 11.1. The number of benzene rings is 1. The molecule has 0 radical (unpaired) electrons. The maximum absolute atomic E-state index is 14.9. The lowest BCUT2D eigenvalue weighted by Gasteiger charge is -2.53. The van der Waals surface area contributed by atoms with Crippen molar-refractivity contribution in [2.45, 2.75) is 88.1 Å². The van der Waals surface area contributed by atoms with Crippen LogP contribution in [0.5, 0.6) is 0 Å². The minimum Gasteiger partial charge on any atom is -0.339 e. The van der Waals surface area contributed by atoms with E-state index in [0.29, 0.717) is 30.9 Å². The topological polar surface area (TPSA) is 118 Å². The van der Waals surface area contributed by atoms with Crippen LogP contribution in [0.4, 0.5) is 15.9 Å². The molecule has 11 heteroatoms. The maximum atomic E-state index is 14.9. The van der Waals surface area contributed by atoms with Gasteiger partial charge >= 0.3 is 0 Å². The second-order valence-electron chi connectivity index (χ2n) is 14.2. The first-order valence-corrected chi connectivity index (χ1v) is 18.0. The number of hydrogen-bond donors (Lipinski definition) is 1. The Bertz CT molecular complexity index is 1770. The molecular weight excluding hydrogens is 593 g/mol. The van der Waals surface area contributed by atoms with Gasteiger partial charge in [-0.25, -0.2) is 17.8 Å². The molecule has 9 nitrogen and oxygen atoms in total. The van der Waals surface area contributed by atoms with Gasteiger partial charge in [-0.3, -0.25) is 9.52 Å². The van der Waals surface area contributed by atoms with Gasteiger partial charge in [0.15, 0.2) is 5.82 Å². The summed E-state index contributed by atoms with van der Waals surface area (Å²) in [6.07, 6.45) is 11.4. The number of rotatable bonds is 9. The molecule has 7 aliphatic carbocycles. The average molecular weight is 632 g/mol. The summed E-state index contributed by atoms with van der Waals surface area (Å²) in [6.45, 7) is 0.579. The van der Waals surface area contributed by atoms with Gasteiger partial charge in [0.25, 0.3) is 5.91 Å². The van der Waals surface area contributed by atoms with E-state index in [9.17, 15) is 17.6 Å². The molecule has 7 aliphatic rings. The predicted molar refractivity (Wildman–Crippen MR) is 168 cm³/mol. The van der Waals surface area contributed by atoms with Crippen LogP contribution < -0.4 is 9.62 Å². The number of aromatic nitrogens is 3. The molecule has 1 atom stereocenters. The summed E-state index contributed by atoms with van der Waals surface area (Å²) in [6, 6.07) is 11.3. The zero-order valence-corrected chi connectivity index (χ0v) is 26.3. The number of alkyl halides is 1. The third-order valence-corrected chi connectivity index (χ3v) is 11.7. The summed E-state index contributed by atoms with van der Waals surface area (Å²) in [4.78, 5) is 25.4. The van der Waals surface area contributed by atoms with Crippen molar-refractivity contribution in [1.29, 1.82) is 0 Å². The zero-order valence-electron chi connectivity index (χ0n) is 25.5. The van der Waals surface area contributed by atoms with Crippen molar-refractivity contribution in [2.75, 3.05) is 22.4 Å². The molecule has 5 saturated carbocycles. The Morgan fingerprint density at radius 2 is 1.80 bits per heavy atom. The van der Waals surface area contributed by atoms with Crippen LogP contribution in [0.2, 0.25) is 0 Å². The lowest BCUT2D eigenvalue weighted by molar-refractivity contribution is -0.116.